The van der Waals surface area contributed by atoms with E-state index in [1.54, 1.807) is 0 Å². The number of nitrogens with one attached hydrogen (secondary N) is 1. The Bertz CT molecular complexity index is 349. The first kappa shape index (κ1) is 14.0. The Morgan fingerprint density at radius 1 is 1.47 bits per heavy atom. The van der Waals surface area contributed by atoms with Gasteiger partial charge in [0.25, 0.3) is 0 Å². The van der Waals surface area contributed by atoms with Crippen LogP contribution in [0.1, 0.15) is 37.9 Å². The summed E-state index contributed by atoms with van der Waals surface area (Å²) in [5.41, 5.74) is 3.65. The van der Waals surface area contributed by atoms with Gasteiger partial charge in [0.1, 0.15) is 0 Å². The molecule has 0 saturated carbocycles. The Morgan fingerprint density at radius 3 is 2.76 bits per heavy atom. The lowest BCUT2D eigenvalue weighted by molar-refractivity contribution is 0.612. The van der Waals surface area contributed by atoms with E-state index < -0.39 is 0 Å². The standard InChI is InChI=1S/C14H25N3/c1-6-7-12(3)17(5)14-8-11(2)16-10-13(14)9-15-4/h8,10,12,15H,6-7,9H2,1-5H3. The van der Waals surface area contributed by atoms with Crippen molar-refractivity contribution in [3.05, 3.63) is 23.5 Å². The predicted octanol–water partition coefficient (Wildman–Crippen LogP) is 2.73. The van der Waals surface area contributed by atoms with Gasteiger partial charge in [0.15, 0.2) is 0 Å². The molecule has 1 atom stereocenters. The van der Waals surface area contributed by atoms with Crippen LogP contribution in [0.4, 0.5) is 5.69 Å². The van der Waals surface area contributed by atoms with Crippen molar-refractivity contribution in [2.24, 2.45) is 0 Å². The predicted molar refractivity (Wildman–Crippen MR) is 74.5 cm³/mol. The number of nitrogens with zero attached hydrogens (tertiary/aromatic N) is 2. The fourth-order valence-electron chi connectivity index (χ4n) is 2.08. The van der Waals surface area contributed by atoms with E-state index in [1.807, 2.05) is 20.2 Å². The first-order valence-corrected chi connectivity index (χ1v) is 6.43. The molecule has 0 saturated heterocycles. The summed E-state index contributed by atoms with van der Waals surface area (Å²) < 4.78 is 0. The van der Waals surface area contributed by atoms with Gasteiger partial charge in [-0.05, 0) is 33.4 Å². The van der Waals surface area contributed by atoms with E-state index in [1.165, 1.54) is 24.1 Å². The van der Waals surface area contributed by atoms with Crippen LogP contribution in [0.25, 0.3) is 0 Å². The van der Waals surface area contributed by atoms with Crippen LogP contribution in [0.5, 0.6) is 0 Å². The molecule has 17 heavy (non-hydrogen) atoms. The van der Waals surface area contributed by atoms with Crippen molar-refractivity contribution in [3.8, 4) is 0 Å². The van der Waals surface area contributed by atoms with Crippen LogP contribution >= 0.6 is 0 Å². The highest BCUT2D eigenvalue weighted by Gasteiger charge is 2.13. The first-order valence-electron chi connectivity index (χ1n) is 6.43. The van der Waals surface area contributed by atoms with Crippen molar-refractivity contribution in [1.82, 2.24) is 10.3 Å². The maximum Gasteiger partial charge on any atom is 0.0445 e. The molecule has 0 aliphatic heterocycles. The quantitative estimate of drug-likeness (QED) is 0.821. The first-order chi connectivity index (χ1) is 8.10. The highest BCUT2D eigenvalue weighted by atomic mass is 15.1. The van der Waals surface area contributed by atoms with Gasteiger partial charge in [0.2, 0.25) is 0 Å². The van der Waals surface area contributed by atoms with Crippen LogP contribution < -0.4 is 10.2 Å². The molecule has 0 radical (unpaired) electrons. The highest BCUT2D eigenvalue weighted by Crippen LogP contribution is 2.23. The maximum atomic E-state index is 4.38. The second-order valence-corrected chi connectivity index (χ2v) is 4.73. The van der Waals surface area contributed by atoms with Crippen molar-refractivity contribution in [1.29, 1.82) is 0 Å². The third-order valence-electron chi connectivity index (χ3n) is 3.21. The molecular formula is C14H25N3. The average molecular weight is 235 g/mol. The van der Waals surface area contributed by atoms with Gasteiger partial charge in [-0.15, -0.1) is 0 Å². The van der Waals surface area contributed by atoms with Gasteiger partial charge in [-0.3, -0.25) is 4.98 Å². The number of pyridine rings is 1. The minimum atomic E-state index is 0.567. The van der Waals surface area contributed by atoms with Gasteiger partial charge < -0.3 is 10.2 Å². The molecule has 1 aromatic rings. The Balaban J connectivity index is 2.96. The zero-order valence-electron chi connectivity index (χ0n) is 11.7. The van der Waals surface area contributed by atoms with E-state index >= 15 is 0 Å². The van der Waals surface area contributed by atoms with E-state index in [4.69, 9.17) is 0 Å². The minimum Gasteiger partial charge on any atom is -0.372 e. The average Bonchev–Trinajstić information content (AvgIpc) is 2.31. The van der Waals surface area contributed by atoms with Crippen LogP contribution in [-0.4, -0.2) is 25.1 Å². The van der Waals surface area contributed by atoms with Gasteiger partial charge in [0, 0.05) is 42.8 Å². The number of hydrogen-bond acceptors (Lipinski definition) is 3. The van der Waals surface area contributed by atoms with Crippen molar-refractivity contribution in [3.63, 3.8) is 0 Å². The van der Waals surface area contributed by atoms with Crippen LogP contribution in [0.15, 0.2) is 12.3 Å². The fraction of sp³-hybridized carbons (Fsp3) is 0.643. The molecule has 3 nitrogen and oxygen atoms in total. The minimum absolute atomic E-state index is 0.567. The van der Waals surface area contributed by atoms with Crippen LogP contribution in [0, 0.1) is 6.92 Å². The monoisotopic (exact) mass is 235 g/mol. The Hall–Kier alpha value is -1.09. The molecule has 0 aliphatic carbocycles. The molecule has 1 N–H and O–H groups in total. The molecule has 1 unspecified atom stereocenters. The van der Waals surface area contributed by atoms with Crippen LogP contribution in [0.3, 0.4) is 0 Å². The summed E-state index contributed by atoms with van der Waals surface area (Å²) in [7, 11) is 4.15. The van der Waals surface area contributed by atoms with Gasteiger partial charge in [-0.25, -0.2) is 0 Å². The molecule has 1 rings (SSSR count). The van der Waals surface area contributed by atoms with Crippen molar-refractivity contribution >= 4 is 5.69 Å². The normalized spacial score (nSPS) is 12.5. The van der Waals surface area contributed by atoms with Gasteiger partial charge in [-0.1, -0.05) is 13.3 Å². The third kappa shape index (κ3) is 3.70. The molecule has 1 heterocycles. The topological polar surface area (TPSA) is 28.2 Å². The Labute approximate surface area is 105 Å². The van der Waals surface area contributed by atoms with E-state index in [0.29, 0.717) is 6.04 Å². The lowest BCUT2D eigenvalue weighted by Crippen LogP contribution is -2.30. The second kappa shape index (κ2) is 6.60. The van der Waals surface area contributed by atoms with Crippen molar-refractivity contribution in [2.75, 3.05) is 19.0 Å². The zero-order chi connectivity index (χ0) is 12.8. The smallest absolute Gasteiger partial charge is 0.0445 e. The summed E-state index contributed by atoms with van der Waals surface area (Å²) in [5.74, 6) is 0. The molecule has 0 bridgehead atoms. The number of anilines is 1. The van der Waals surface area contributed by atoms with E-state index in [9.17, 15) is 0 Å². The van der Waals surface area contributed by atoms with E-state index in [-0.39, 0.29) is 0 Å². The summed E-state index contributed by atoms with van der Waals surface area (Å²) in [4.78, 5) is 6.75. The summed E-state index contributed by atoms with van der Waals surface area (Å²) in [6.45, 7) is 7.43. The summed E-state index contributed by atoms with van der Waals surface area (Å²) in [6, 6.07) is 2.75. The molecule has 3 heteroatoms. The molecule has 96 valence electrons. The summed E-state index contributed by atoms with van der Waals surface area (Å²) in [6.07, 6.45) is 4.42. The Kier molecular flexibility index (Phi) is 5.42. The maximum absolute atomic E-state index is 4.38. The molecule has 0 fully saturated rings. The molecule has 1 aromatic heterocycles. The van der Waals surface area contributed by atoms with E-state index in [0.717, 1.165) is 12.2 Å². The molecule has 0 aromatic carbocycles. The molecular weight excluding hydrogens is 210 g/mol. The van der Waals surface area contributed by atoms with Crippen molar-refractivity contribution in [2.45, 2.75) is 46.2 Å². The number of aromatic nitrogens is 1. The van der Waals surface area contributed by atoms with Crippen LogP contribution in [-0.2, 0) is 6.54 Å². The molecule has 0 spiro atoms. The molecule has 0 amide bonds. The number of hydrogen-bond donors (Lipinski definition) is 1. The van der Waals surface area contributed by atoms with Gasteiger partial charge in [0.05, 0.1) is 0 Å². The zero-order valence-corrected chi connectivity index (χ0v) is 11.7. The summed E-state index contributed by atoms with van der Waals surface area (Å²) >= 11 is 0. The highest BCUT2D eigenvalue weighted by molar-refractivity contribution is 5.53. The van der Waals surface area contributed by atoms with Gasteiger partial charge in [-0.2, -0.15) is 0 Å². The Morgan fingerprint density at radius 2 is 2.18 bits per heavy atom. The summed E-state index contributed by atoms with van der Waals surface area (Å²) in [5, 5.41) is 3.20. The van der Waals surface area contributed by atoms with Crippen LogP contribution in [0.2, 0.25) is 0 Å². The van der Waals surface area contributed by atoms with E-state index in [2.05, 4.69) is 42.2 Å². The number of aryl methyl sites for hydroxylation is 1. The third-order valence-corrected chi connectivity index (χ3v) is 3.21. The SMILES string of the molecule is CCCC(C)N(C)c1cc(C)ncc1CNC. The van der Waals surface area contributed by atoms with Crippen molar-refractivity contribution < 1.29 is 0 Å². The lowest BCUT2D eigenvalue weighted by Gasteiger charge is -2.29. The van der Waals surface area contributed by atoms with Gasteiger partial charge >= 0.3 is 0 Å². The largest absolute Gasteiger partial charge is 0.372 e. The number of rotatable bonds is 6. The molecule has 0 aliphatic rings. The lowest BCUT2D eigenvalue weighted by atomic mass is 10.1. The fourth-order valence-corrected chi connectivity index (χ4v) is 2.08. The second-order valence-electron chi connectivity index (χ2n) is 4.73.